The van der Waals surface area contributed by atoms with Crippen molar-refractivity contribution in [2.45, 2.75) is 0 Å². The lowest BCUT2D eigenvalue weighted by Crippen LogP contribution is -2.00. The summed E-state index contributed by atoms with van der Waals surface area (Å²) in [7, 11) is 0. The molecule has 0 radical (unpaired) electrons. The molecule has 0 unspecified atom stereocenters. The Morgan fingerprint density at radius 3 is 1.29 bits per heavy atom. The van der Waals surface area contributed by atoms with E-state index < -0.39 is 0 Å². The van der Waals surface area contributed by atoms with Crippen LogP contribution >= 0.6 is 11.3 Å². The average molecular weight is 883 g/mol. The van der Waals surface area contributed by atoms with Gasteiger partial charge in [0.25, 0.3) is 0 Å². The van der Waals surface area contributed by atoms with Crippen molar-refractivity contribution in [2.24, 2.45) is 0 Å². The molecule has 0 N–H and O–H groups in total. The highest BCUT2D eigenvalue weighted by atomic mass is 32.1. The van der Waals surface area contributed by atoms with Crippen LogP contribution in [0.4, 0.5) is 0 Å². The van der Waals surface area contributed by atoms with Crippen molar-refractivity contribution >= 4 is 85.6 Å². The number of benzene rings is 11. The van der Waals surface area contributed by atoms with Crippen molar-refractivity contribution in [3.63, 3.8) is 0 Å². The van der Waals surface area contributed by atoms with Crippen molar-refractivity contribution < 1.29 is 0 Å². The highest BCUT2D eigenvalue weighted by Crippen LogP contribution is 2.44. The van der Waals surface area contributed by atoms with E-state index in [1.54, 1.807) is 0 Å². The fourth-order valence-electron chi connectivity index (χ4n) is 10.4. The molecular formula is C63H38N4S. The molecule has 0 saturated heterocycles. The monoisotopic (exact) mass is 882 g/mol. The SMILES string of the molecule is c1ccc(-c2nc(-c3ccccc3)nc(-c3cccc4sc5ccc(-c6ccc7c(c6)c6cc(-c8ccc9c%10ccccc%10c%10ccccc%10c9c8)ccc6n7-c6ccccc6)cc5c34)n2)cc1. The molecule has 0 saturated carbocycles. The van der Waals surface area contributed by atoms with Crippen molar-refractivity contribution in [1.82, 2.24) is 19.5 Å². The molecule has 5 heteroatoms. The Morgan fingerprint density at radius 2 is 0.721 bits per heavy atom. The number of para-hydroxylation sites is 1. The lowest BCUT2D eigenvalue weighted by atomic mass is 9.92. The summed E-state index contributed by atoms with van der Waals surface area (Å²) in [5, 5.41) is 12.5. The average Bonchev–Trinajstić information content (AvgIpc) is 3.96. The van der Waals surface area contributed by atoms with E-state index in [9.17, 15) is 0 Å². The Labute approximate surface area is 395 Å². The number of fused-ring (bicyclic) bond motifs is 12. The summed E-state index contributed by atoms with van der Waals surface area (Å²) >= 11 is 1.81. The molecule has 0 atom stereocenters. The number of aromatic nitrogens is 4. The summed E-state index contributed by atoms with van der Waals surface area (Å²) in [6, 6.07) is 83.1. The van der Waals surface area contributed by atoms with Gasteiger partial charge in [0.2, 0.25) is 0 Å². The van der Waals surface area contributed by atoms with Crippen LogP contribution in [-0.2, 0) is 0 Å². The second-order valence-corrected chi connectivity index (χ2v) is 18.6. The van der Waals surface area contributed by atoms with Gasteiger partial charge in [-0.3, -0.25) is 0 Å². The van der Waals surface area contributed by atoms with Crippen LogP contribution in [0.25, 0.3) is 136 Å². The lowest BCUT2D eigenvalue weighted by molar-refractivity contribution is 1.08. The molecular weight excluding hydrogens is 845 g/mol. The third kappa shape index (κ3) is 6.17. The van der Waals surface area contributed by atoms with E-state index in [1.165, 1.54) is 80.0 Å². The normalized spacial score (nSPS) is 11.8. The number of nitrogens with zero attached hydrogens (tertiary/aromatic N) is 4. The van der Waals surface area contributed by atoms with E-state index in [0.717, 1.165) is 38.9 Å². The minimum Gasteiger partial charge on any atom is -0.309 e. The van der Waals surface area contributed by atoms with Gasteiger partial charge >= 0.3 is 0 Å². The van der Waals surface area contributed by atoms with Crippen LogP contribution in [0.3, 0.4) is 0 Å². The molecule has 4 nitrogen and oxygen atoms in total. The minimum absolute atomic E-state index is 0.653. The third-order valence-corrected chi connectivity index (χ3v) is 14.8. The molecule has 0 aliphatic rings. The summed E-state index contributed by atoms with van der Waals surface area (Å²) in [5.41, 5.74) is 11.1. The molecule has 0 bridgehead atoms. The zero-order valence-electron chi connectivity index (χ0n) is 36.6. The predicted octanol–water partition coefficient (Wildman–Crippen LogP) is 17.1. The van der Waals surface area contributed by atoms with Crippen LogP contribution < -0.4 is 0 Å². The lowest BCUT2D eigenvalue weighted by Gasteiger charge is -2.12. The topological polar surface area (TPSA) is 43.6 Å². The Kier molecular flexibility index (Phi) is 8.73. The quantitative estimate of drug-likeness (QED) is 0.156. The van der Waals surface area contributed by atoms with Gasteiger partial charge in [-0.1, -0.05) is 170 Å². The maximum absolute atomic E-state index is 5.16. The third-order valence-electron chi connectivity index (χ3n) is 13.6. The van der Waals surface area contributed by atoms with Crippen LogP contribution in [0.15, 0.2) is 231 Å². The first kappa shape index (κ1) is 38.5. The van der Waals surface area contributed by atoms with E-state index in [4.69, 9.17) is 15.0 Å². The largest absolute Gasteiger partial charge is 0.309 e. The fraction of sp³-hybridized carbons (Fsp3) is 0. The first-order valence-electron chi connectivity index (χ1n) is 23.0. The highest BCUT2D eigenvalue weighted by Gasteiger charge is 2.20. The van der Waals surface area contributed by atoms with Gasteiger partial charge < -0.3 is 4.57 Å². The van der Waals surface area contributed by atoms with Gasteiger partial charge in [-0.2, -0.15) is 0 Å². The summed E-state index contributed by atoms with van der Waals surface area (Å²) in [5.74, 6) is 1.97. The fourth-order valence-corrected chi connectivity index (χ4v) is 11.6. The smallest absolute Gasteiger partial charge is 0.164 e. The van der Waals surface area contributed by atoms with E-state index in [-0.39, 0.29) is 0 Å². The summed E-state index contributed by atoms with van der Waals surface area (Å²) in [4.78, 5) is 15.3. The second kappa shape index (κ2) is 15.4. The second-order valence-electron chi connectivity index (χ2n) is 17.5. The van der Waals surface area contributed by atoms with E-state index in [1.807, 2.05) is 47.7 Å². The summed E-state index contributed by atoms with van der Waals surface area (Å²) in [6.07, 6.45) is 0. The number of thiophene rings is 1. The van der Waals surface area contributed by atoms with Gasteiger partial charge in [-0.05, 0) is 115 Å². The van der Waals surface area contributed by atoms with E-state index in [0.29, 0.717) is 17.5 Å². The van der Waals surface area contributed by atoms with Crippen LogP contribution in [-0.4, -0.2) is 19.5 Å². The predicted molar refractivity (Wildman–Crippen MR) is 287 cm³/mol. The minimum atomic E-state index is 0.653. The van der Waals surface area contributed by atoms with E-state index in [2.05, 4.69) is 199 Å². The van der Waals surface area contributed by atoms with Crippen molar-refractivity contribution in [3.05, 3.63) is 231 Å². The van der Waals surface area contributed by atoms with Crippen molar-refractivity contribution in [1.29, 1.82) is 0 Å². The van der Waals surface area contributed by atoms with Gasteiger partial charge in [0.1, 0.15) is 0 Å². The van der Waals surface area contributed by atoms with Crippen molar-refractivity contribution in [2.75, 3.05) is 0 Å². The molecule has 0 fully saturated rings. The molecule has 3 aromatic heterocycles. The number of hydrogen-bond acceptors (Lipinski definition) is 4. The van der Waals surface area contributed by atoms with Crippen LogP contribution in [0, 0.1) is 0 Å². The zero-order valence-corrected chi connectivity index (χ0v) is 37.5. The summed E-state index contributed by atoms with van der Waals surface area (Å²) < 4.78 is 4.82. The van der Waals surface area contributed by atoms with Gasteiger partial charge in [0.15, 0.2) is 17.5 Å². The van der Waals surface area contributed by atoms with Crippen molar-refractivity contribution in [3.8, 4) is 62.1 Å². The van der Waals surface area contributed by atoms with Gasteiger partial charge in [0.05, 0.1) is 11.0 Å². The standard InChI is InChI=1S/C63H38N4S/c1-4-15-39(16-5-1)61-64-62(40-17-6-2-7-18-40)66-63(65-61)51-25-14-26-59-60(51)55-38-44(30-34-58(55)68-59)43-29-33-57-54(37-43)53-36-42(28-32-56(53)67(57)45-19-8-3-9-20-45)41-27-31-50-48-23-11-10-21-46(48)47-22-12-13-24-49(47)52(50)35-41/h1-38H. The molecule has 316 valence electrons. The first-order valence-corrected chi connectivity index (χ1v) is 23.8. The Morgan fingerprint density at radius 1 is 0.279 bits per heavy atom. The maximum Gasteiger partial charge on any atom is 0.164 e. The molecule has 0 spiro atoms. The first-order chi connectivity index (χ1) is 33.7. The zero-order chi connectivity index (χ0) is 44.7. The van der Waals surface area contributed by atoms with Crippen LogP contribution in [0.5, 0.6) is 0 Å². The Hall–Kier alpha value is -8.77. The molecule has 0 aliphatic carbocycles. The van der Waals surface area contributed by atoms with Crippen LogP contribution in [0.2, 0.25) is 0 Å². The molecule has 14 rings (SSSR count). The molecule has 14 aromatic rings. The van der Waals surface area contributed by atoms with Gasteiger partial charge in [-0.25, -0.2) is 15.0 Å². The molecule has 3 heterocycles. The van der Waals surface area contributed by atoms with Crippen LogP contribution in [0.1, 0.15) is 0 Å². The Balaban J connectivity index is 0.942. The van der Waals surface area contributed by atoms with Gasteiger partial charge in [-0.15, -0.1) is 11.3 Å². The molecule has 0 aliphatic heterocycles. The molecule has 0 amide bonds. The highest BCUT2D eigenvalue weighted by molar-refractivity contribution is 7.26. The molecule has 11 aromatic carbocycles. The maximum atomic E-state index is 5.16. The number of rotatable bonds is 6. The Bertz CT molecular complexity index is 4210. The number of hydrogen-bond donors (Lipinski definition) is 0. The summed E-state index contributed by atoms with van der Waals surface area (Å²) in [6.45, 7) is 0. The van der Waals surface area contributed by atoms with E-state index >= 15 is 0 Å². The van der Waals surface area contributed by atoms with Gasteiger partial charge in [0, 0.05) is 53.3 Å². The molecule has 68 heavy (non-hydrogen) atoms.